The molecule has 0 saturated carbocycles. The molecular formula is C64H97BrCl4MgN6O21Y6-12. The smallest absolute Gasteiger partial charge is 1.00 e. The molecule has 6 radical (unpaired) electrons. The summed E-state index contributed by atoms with van der Waals surface area (Å²) >= 11 is 21.3. The summed E-state index contributed by atoms with van der Waals surface area (Å²) in [4.78, 5) is 35.2. The topological polar surface area (TPSA) is 335 Å². The number of aliphatic hydroxyl groups is 3. The zero-order valence-corrected chi connectivity index (χ0v) is 84.0. The van der Waals surface area contributed by atoms with E-state index in [-0.39, 0.29) is 326 Å². The van der Waals surface area contributed by atoms with Crippen molar-refractivity contribution in [3.05, 3.63) is 146 Å². The summed E-state index contributed by atoms with van der Waals surface area (Å²) in [6.07, 6.45) is 9.74. The monoisotopic (exact) mass is 2060 g/mol. The molecule has 7 fully saturated rings. The average molecular weight is 2070 g/mol. The minimum Gasteiger partial charge on any atom is -1.00 e. The van der Waals surface area contributed by atoms with Gasteiger partial charge in [-0.25, -0.2) is 48.6 Å². The molecule has 7 aliphatic heterocycles. The first-order valence-corrected chi connectivity index (χ1v) is 30.8. The van der Waals surface area contributed by atoms with Gasteiger partial charge < -0.3 is 167 Å². The number of aromatic nitrogens is 4. The Bertz CT molecular complexity index is 2540. The maximum atomic E-state index is 10.6. The number of carbonyl (C=O) groups excluding carboxylic acids is 2. The number of hydrogen-bond donors (Lipinski definition) is 5. The van der Waals surface area contributed by atoms with Gasteiger partial charge in [0.1, 0.15) is 0 Å². The Labute approximate surface area is 809 Å². The summed E-state index contributed by atoms with van der Waals surface area (Å²) in [6, 6.07) is 0. The van der Waals surface area contributed by atoms with Crippen LogP contribution in [0.25, 0.3) is 0 Å². The van der Waals surface area contributed by atoms with Crippen molar-refractivity contribution in [1.82, 2.24) is 19.9 Å². The number of hydrogen-bond acceptors (Lipinski definition) is 27. The van der Waals surface area contributed by atoms with Crippen molar-refractivity contribution >= 4 is 86.9 Å². The normalized spacial score (nSPS) is 27.4. The number of ether oxygens (including phenoxy) is 16. The minimum absolute atomic E-state index is 0. The van der Waals surface area contributed by atoms with E-state index in [0.29, 0.717) is 5.82 Å². The number of aliphatic hydroxyl groups excluding tert-OH is 3. The molecule has 576 valence electrons. The van der Waals surface area contributed by atoms with Crippen molar-refractivity contribution in [1.29, 1.82) is 0 Å². The minimum atomic E-state index is -0.787. The number of nitrogens with one attached hydrogen (secondary N) is 1. The summed E-state index contributed by atoms with van der Waals surface area (Å²) in [5.41, 5.74) is 4.49. The van der Waals surface area contributed by atoms with Gasteiger partial charge in [0.25, 0.3) is 0 Å². The second-order valence-corrected chi connectivity index (χ2v) is 24.5. The van der Waals surface area contributed by atoms with E-state index in [0.717, 1.165) is 13.2 Å². The number of methoxy groups -OCH3 is 2. The van der Waals surface area contributed by atoms with Gasteiger partial charge in [0.15, 0.2) is 56.0 Å². The molecule has 7 saturated heterocycles. The van der Waals surface area contributed by atoms with Gasteiger partial charge in [-0.15, -0.1) is 6.61 Å². The van der Waals surface area contributed by atoms with Gasteiger partial charge in [0, 0.05) is 252 Å². The Morgan fingerprint density at radius 1 is 0.592 bits per heavy atom. The molecule has 0 spiro atoms. The van der Waals surface area contributed by atoms with Gasteiger partial charge >= 0.3 is 34.6 Å². The van der Waals surface area contributed by atoms with E-state index in [9.17, 15) is 19.8 Å². The van der Waals surface area contributed by atoms with Crippen molar-refractivity contribution in [2.75, 3.05) is 39.2 Å². The van der Waals surface area contributed by atoms with Crippen molar-refractivity contribution in [3.63, 3.8) is 0 Å². The molecule has 0 bridgehead atoms. The predicted octanol–water partition coefficient (Wildman–Crippen LogP) is 6.15. The van der Waals surface area contributed by atoms with E-state index in [1.807, 2.05) is 68.2 Å². The standard InChI is InChI=1S/C13H18ClN3O3.C9H17NO3.C9H14O5.C9H14O3.C9H14O2.C7H12O3.C4H2Cl2N2.C2H3ClO2.C2H3.BrH.Mg.6Y/c1-8-10(20-13(2,3)19-8)6-9(18)7-17-12-11(14)15-4-5-16-12;1-6-8(4-7(11)5-10)13-9(2,3)12-6;1-6-7(5-12-8(10)11-4)14-9(2,3)13-6;1-6-8(4-7-5-10-7)12-9(2,3)11-6;1-5-6-8-7(2)10-9(3,4)11-8;1-5-6(4-8)10-7(2,3)9-5;5-3-4(6)8-2-1-7-3;1-5-2(3)4;1-2;;;;;;;;/h4-6,8-10,18H,1,7H2,2-3H3,(H,16,17);4,6-8,11H,1,5,10H2,2-3H3;5-7H,1H2,2-4H3;4,6-8H,1,5H2,2-3H3;5-8H,1-2H2,3-4H3;4-6,8H,1H2,2-3H3;1-2H;1H3;1H,2H2;1H;;;;;;;/q6*-2;;;-1;;+2;;;;;;/p-1/t8-,9?,10+;6-,7?,8+;6-,7+;6-,7?,8+;7-,8+;5-,6+;;;;;;;;;;;/m111111.........../s1. The largest absolute Gasteiger partial charge is 2.00 e. The molecule has 103 heavy (non-hydrogen) atoms. The Morgan fingerprint density at radius 3 is 1.17 bits per heavy atom. The number of epoxide rings is 1. The molecule has 9 rings (SSSR count). The summed E-state index contributed by atoms with van der Waals surface area (Å²) < 4.78 is 83.0. The van der Waals surface area contributed by atoms with Crippen LogP contribution >= 0.6 is 46.4 Å². The first-order chi connectivity index (χ1) is 44.0. The number of nitrogens with two attached hydrogens (primary N) is 1. The maximum absolute atomic E-state index is 10.6. The number of carbonyl (C=O) groups is 2. The van der Waals surface area contributed by atoms with Gasteiger partial charge in [-0.3, -0.25) is 25.8 Å². The maximum Gasteiger partial charge on any atom is 2.00 e. The molecule has 3 unspecified atom stereocenters. The molecule has 7 aliphatic rings. The molecule has 2 aromatic rings. The quantitative estimate of drug-likeness (QED) is 0.0439. The molecular weight excluding hydrogens is 1970 g/mol. The van der Waals surface area contributed by atoms with Crippen LogP contribution in [0.1, 0.15) is 83.1 Å². The second kappa shape index (κ2) is 61.7. The number of rotatable bonds is 15. The van der Waals surface area contributed by atoms with Crippen molar-refractivity contribution in [3.8, 4) is 0 Å². The third kappa shape index (κ3) is 54.1. The van der Waals surface area contributed by atoms with Crippen LogP contribution in [0.4, 0.5) is 15.4 Å². The van der Waals surface area contributed by atoms with E-state index in [1.54, 1.807) is 46.6 Å². The second-order valence-electron chi connectivity index (χ2n) is 23.1. The van der Waals surface area contributed by atoms with Crippen molar-refractivity contribution in [2.24, 2.45) is 5.73 Å². The van der Waals surface area contributed by atoms with E-state index in [4.69, 9.17) is 107 Å². The third-order valence-electron chi connectivity index (χ3n) is 12.0. The summed E-state index contributed by atoms with van der Waals surface area (Å²) in [7, 11) is 2.45. The van der Waals surface area contributed by atoms with Gasteiger partial charge in [-0.2, -0.15) is 6.61 Å². The molecule has 15 atom stereocenters. The van der Waals surface area contributed by atoms with E-state index in [2.05, 4.69) is 112 Å². The van der Waals surface area contributed by atoms with Gasteiger partial charge in [0.2, 0.25) is 0 Å². The van der Waals surface area contributed by atoms with Crippen LogP contribution < -0.4 is 28.0 Å². The van der Waals surface area contributed by atoms with Crippen LogP contribution in [0.15, 0.2) is 44.0 Å². The average Bonchev–Trinajstić information content (AvgIpc) is 1.68. The molecule has 0 aliphatic carbocycles. The summed E-state index contributed by atoms with van der Waals surface area (Å²) in [5, 5.41) is 31.5. The fourth-order valence-corrected chi connectivity index (χ4v) is 8.67. The zero-order chi connectivity index (χ0) is 72.9. The predicted molar refractivity (Wildman–Crippen MR) is 359 cm³/mol. The van der Waals surface area contributed by atoms with E-state index < -0.39 is 76.8 Å². The Kier molecular flexibility index (Phi) is 73.7. The zero-order valence-electron chi connectivity index (χ0n) is 61.0. The number of anilines is 1. The van der Waals surface area contributed by atoms with Gasteiger partial charge in [-0.1, -0.05) is 89.7 Å². The van der Waals surface area contributed by atoms with Crippen molar-refractivity contribution in [2.45, 2.75) is 209 Å². The fourth-order valence-electron chi connectivity index (χ4n) is 8.29. The SMILES string of the molecule is C=C[CH-][C@@H]1OC(C)(C)O[C@@H]1[CH2-].COC(=O)Cl.Clc1nccnc1Cl.[Br-].[CH-]=C.[CH2-][C@H]1OC(C)(C)O[C@H]1[CH-]C(O)CN.[CH2-][C@H]1OC(C)(C)O[C@H]1[CH-]C(O)CNc1nccnc1Cl.[CH2-][C@H]1OC(C)(C)O[C@H]1[CH-]C1CO1.[CH2-][C@H]1OC(C)(C)O[C@H]1[CH-]O.[CH2-][C@H]1OC(C)(C)O[C@H]1[CH-]OC(=O)OC.[Mg+2].[Y].[Y].[Y].[Y].[Y].[Y]. The summed E-state index contributed by atoms with van der Waals surface area (Å²) in [6.45, 7) is 58.5. The van der Waals surface area contributed by atoms with Crippen molar-refractivity contribution < 1.29 is 314 Å². The molecule has 0 aromatic carbocycles. The number of halogens is 5. The Balaban J connectivity index is -0.000000168. The Hall–Kier alpha value is 4.40. The molecule has 39 heteroatoms. The fraction of sp³-hybridized carbons (Fsp3) is 0.594. The van der Waals surface area contributed by atoms with E-state index in [1.165, 1.54) is 45.6 Å². The third-order valence-corrected chi connectivity index (χ3v) is 13.1. The molecule has 6 N–H and O–H groups in total. The number of nitrogens with zero attached hydrogens (tertiary/aromatic N) is 4. The first kappa shape index (κ1) is 123. The molecule has 9 heterocycles. The first-order valence-electron chi connectivity index (χ1n) is 29.3. The van der Waals surface area contributed by atoms with Crippen LogP contribution in [0, 0.1) is 87.0 Å². The van der Waals surface area contributed by atoms with Crippen LogP contribution in [-0.4, -0.2) is 230 Å². The van der Waals surface area contributed by atoms with Crippen LogP contribution in [0.2, 0.25) is 15.5 Å². The Morgan fingerprint density at radius 2 is 0.903 bits per heavy atom. The molecule has 2 aromatic heterocycles. The van der Waals surface area contributed by atoms with Gasteiger partial charge in [0.05, 0.1) is 14.2 Å². The van der Waals surface area contributed by atoms with Crippen LogP contribution in [0.3, 0.4) is 0 Å². The van der Waals surface area contributed by atoms with Gasteiger partial charge in [-0.05, 0) is 120 Å². The van der Waals surface area contributed by atoms with E-state index >= 15 is 0 Å². The molecule has 27 nitrogen and oxygen atoms in total. The van der Waals surface area contributed by atoms with Crippen LogP contribution in [-0.2, 0) is 272 Å². The van der Waals surface area contributed by atoms with Crippen LogP contribution in [0.5, 0.6) is 0 Å². The molecule has 0 amide bonds. The summed E-state index contributed by atoms with van der Waals surface area (Å²) in [5.74, 6) is -3.20.